The van der Waals surface area contributed by atoms with Gasteiger partial charge in [0.2, 0.25) is 0 Å². The smallest absolute Gasteiger partial charge is 0.131 e. The summed E-state index contributed by atoms with van der Waals surface area (Å²) in [5, 5.41) is 9.51. The minimum Gasteiger partial charge on any atom is -0.388 e. The van der Waals surface area contributed by atoms with Gasteiger partial charge in [-0.05, 0) is 12.0 Å². The number of hydrogen-bond acceptors (Lipinski definition) is 1. The van der Waals surface area contributed by atoms with Crippen molar-refractivity contribution in [2.75, 3.05) is 0 Å². The number of hydrogen-bond donors (Lipinski definition) is 1. The van der Waals surface area contributed by atoms with Crippen molar-refractivity contribution in [3.63, 3.8) is 0 Å². The van der Waals surface area contributed by atoms with Crippen LogP contribution in [0, 0.1) is 17.6 Å². The summed E-state index contributed by atoms with van der Waals surface area (Å²) in [4.78, 5) is 0. The Balaban J connectivity index is 3.01. The molecule has 0 amide bonds. The van der Waals surface area contributed by atoms with Crippen molar-refractivity contribution < 1.29 is 13.9 Å². The third kappa shape index (κ3) is 2.25. The number of benzene rings is 1. The Labute approximate surface area is 76.0 Å². The molecule has 1 unspecified atom stereocenters. The van der Waals surface area contributed by atoms with Gasteiger partial charge in [0.1, 0.15) is 11.6 Å². The van der Waals surface area contributed by atoms with Gasteiger partial charge in [0, 0.05) is 11.6 Å². The zero-order chi connectivity index (χ0) is 10.0. The zero-order valence-electron chi connectivity index (χ0n) is 7.59. The number of aliphatic hydroxyl groups excluding tert-OH is 1. The molecule has 1 aromatic carbocycles. The van der Waals surface area contributed by atoms with E-state index in [4.69, 9.17) is 0 Å². The molecule has 0 fully saturated rings. The van der Waals surface area contributed by atoms with Crippen molar-refractivity contribution >= 4 is 0 Å². The molecule has 0 aliphatic heterocycles. The molecule has 0 radical (unpaired) electrons. The highest BCUT2D eigenvalue weighted by Crippen LogP contribution is 2.24. The fourth-order valence-corrected chi connectivity index (χ4v) is 1.10. The van der Waals surface area contributed by atoms with Crippen molar-refractivity contribution in [1.82, 2.24) is 0 Å². The largest absolute Gasteiger partial charge is 0.388 e. The normalized spacial score (nSPS) is 13.4. The average molecular weight is 186 g/mol. The van der Waals surface area contributed by atoms with E-state index in [1.807, 2.05) is 0 Å². The van der Waals surface area contributed by atoms with Gasteiger partial charge in [0.15, 0.2) is 0 Å². The Hall–Kier alpha value is -0.960. The zero-order valence-corrected chi connectivity index (χ0v) is 7.59. The summed E-state index contributed by atoms with van der Waals surface area (Å²) in [5.41, 5.74) is 0.149. The predicted octanol–water partition coefficient (Wildman–Crippen LogP) is 2.65. The molecule has 13 heavy (non-hydrogen) atoms. The minimum absolute atomic E-state index is 0.0834. The Morgan fingerprint density at radius 1 is 1.23 bits per heavy atom. The molecule has 3 heteroatoms. The van der Waals surface area contributed by atoms with Gasteiger partial charge in [-0.15, -0.1) is 0 Å². The van der Waals surface area contributed by atoms with E-state index in [1.54, 1.807) is 13.8 Å². The molecule has 0 saturated heterocycles. The molecule has 1 nitrogen and oxygen atoms in total. The monoisotopic (exact) mass is 186 g/mol. The molecule has 0 aliphatic carbocycles. The fraction of sp³-hybridized carbons (Fsp3) is 0.400. The maximum atomic E-state index is 13.1. The van der Waals surface area contributed by atoms with Gasteiger partial charge < -0.3 is 5.11 Å². The first-order chi connectivity index (χ1) is 6.02. The fourth-order valence-electron chi connectivity index (χ4n) is 1.10. The van der Waals surface area contributed by atoms with E-state index in [9.17, 15) is 13.9 Å². The lowest BCUT2D eigenvalue weighted by atomic mass is 9.99. The molecule has 0 aliphatic rings. The first-order valence-electron chi connectivity index (χ1n) is 4.15. The molecule has 1 aromatic rings. The van der Waals surface area contributed by atoms with E-state index in [-0.39, 0.29) is 11.5 Å². The third-order valence-electron chi connectivity index (χ3n) is 1.91. The molecule has 1 rings (SSSR count). The predicted molar refractivity (Wildman–Crippen MR) is 46.2 cm³/mol. The number of aliphatic hydroxyl groups is 1. The van der Waals surface area contributed by atoms with Crippen LogP contribution in [-0.2, 0) is 0 Å². The van der Waals surface area contributed by atoms with Crippen molar-refractivity contribution in [3.05, 3.63) is 35.4 Å². The summed E-state index contributed by atoms with van der Waals surface area (Å²) in [7, 11) is 0. The van der Waals surface area contributed by atoms with Gasteiger partial charge in [-0.1, -0.05) is 19.9 Å². The maximum absolute atomic E-state index is 13.1. The van der Waals surface area contributed by atoms with Crippen LogP contribution >= 0.6 is 0 Å². The SMILES string of the molecule is CC(C)C(O)c1ccc(F)cc1F. The quantitative estimate of drug-likeness (QED) is 0.752. The van der Waals surface area contributed by atoms with Crippen molar-refractivity contribution in [2.45, 2.75) is 20.0 Å². The highest BCUT2D eigenvalue weighted by molar-refractivity contribution is 5.21. The molecule has 0 aromatic heterocycles. The highest BCUT2D eigenvalue weighted by atomic mass is 19.1. The van der Waals surface area contributed by atoms with Crippen LogP contribution in [0.15, 0.2) is 18.2 Å². The number of rotatable bonds is 2. The lowest BCUT2D eigenvalue weighted by molar-refractivity contribution is 0.122. The first-order valence-corrected chi connectivity index (χ1v) is 4.15. The summed E-state index contributed by atoms with van der Waals surface area (Å²) in [5.74, 6) is -1.40. The standard InChI is InChI=1S/C10H12F2O/c1-6(2)10(13)8-4-3-7(11)5-9(8)12/h3-6,10,13H,1-2H3. The molecule has 0 spiro atoms. The summed E-state index contributed by atoms with van der Waals surface area (Å²) >= 11 is 0. The summed E-state index contributed by atoms with van der Waals surface area (Å²) < 4.78 is 25.6. The molecule has 1 N–H and O–H groups in total. The molecule has 72 valence electrons. The van der Waals surface area contributed by atoms with E-state index in [0.29, 0.717) is 0 Å². The van der Waals surface area contributed by atoms with Crippen LogP contribution in [-0.4, -0.2) is 5.11 Å². The van der Waals surface area contributed by atoms with Crippen LogP contribution in [0.1, 0.15) is 25.5 Å². The summed E-state index contributed by atoms with van der Waals surface area (Å²) in [6.07, 6.45) is -0.874. The Bertz CT molecular complexity index is 297. The number of halogens is 2. The second kappa shape index (κ2) is 3.83. The van der Waals surface area contributed by atoms with Crippen LogP contribution in [0.2, 0.25) is 0 Å². The van der Waals surface area contributed by atoms with Crippen LogP contribution < -0.4 is 0 Å². The first kappa shape index (κ1) is 10.1. The van der Waals surface area contributed by atoms with Gasteiger partial charge in [-0.2, -0.15) is 0 Å². The maximum Gasteiger partial charge on any atom is 0.131 e. The van der Waals surface area contributed by atoms with E-state index in [0.717, 1.165) is 12.1 Å². The van der Waals surface area contributed by atoms with Gasteiger partial charge in [-0.3, -0.25) is 0 Å². The van der Waals surface area contributed by atoms with Crippen LogP contribution in [0.5, 0.6) is 0 Å². The topological polar surface area (TPSA) is 20.2 Å². The van der Waals surface area contributed by atoms with Crippen molar-refractivity contribution in [2.24, 2.45) is 5.92 Å². The average Bonchev–Trinajstić information content (AvgIpc) is 2.03. The lowest BCUT2D eigenvalue weighted by Crippen LogP contribution is -2.07. The van der Waals surface area contributed by atoms with E-state index in [2.05, 4.69) is 0 Å². The Morgan fingerprint density at radius 2 is 1.85 bits per heavy atom. The third-order valence-corrected chi connectivity index (χ3v) is 1.91. The van der Waals surface area contributed by atoms with E-state index >= 15 is 0 Å². The van der Waals surface area contributed by atoms with E-state index < -0.39 is 17.7 Å². The second-order valence-electron chi connectivity index (χ2n) is 3.35. The van der Waals surface area contributed by atoms with E-state index in [1.165, 1.54) is 6.07 Å². The van der Waals surface area contributed by atoms with Crippen LogP contribution in [0.3, 0.4) is 0 Å². The van der Waals surface area contributed by atoms with Crippen LogP contribution in [0.4, 0.5) is 8.78 Å². The van der Waals surface area contributed by atoms with Gasteiger partial charge >= 0.3 is 0 Å². The molecular weight excluding hydrogens is 174 g/mol. The van der Waals surface area contributed by atoms with Gasteiger partial charge in [0.05, 0.1) is 6.10 Å². The van der Waals surface area contributed by atoms with Gasteiger partial charge in [-0.25, -0.2) is 8.78 Å². The second-order valence-corrected chi connectivity index (χ2v) is 3.35. The Kier molecular flexibility index (Phi) is 2.98. The minimum atomic E-state index is -0.874. The summed E-state index contributed by atoms with van der Waals surface area (Å²) in [6.45, 7) is 3.54. The van der Waals surface area contributed by atoms with Crippen LogP contribution in [0.25, 0.3) is 0 Å². The highest BCUT2D eigenvalue weighted by Gasteiger charge is 2.16. The van der Waals surface area contributed by atoms with Gasteiger partial charge in [0.25, 0.3) is 0 Å². The van der Waals surface area contributed by atoms with Crippen molar-refractivity contribution in [1.29, 1.82) is 0 Å². The molecule has 0 bridgehead atoms. The summed E-state index contributed by atoms with van der Waals surface area (Å²) in [6, 6.07) is 3.19. The Morgan fingerprint density at radius 3 is 2.31 bits per heavy atom. The molecular formula is C10H12F2O. The molecule has 0 saturated carbocycles. The molecule has 0 heterocycles. The van der Waals surface area contributed by atoms with Crippen molar-refractivity contribution in [3.8, 4) is 0 Å². The molecule has 1 atom stereocenters. The lowest BCUT2D eigenvalue weighted by Gasteiger charge is -2.15.